The molecule has 1 atom stereocenters. The van der Waals surface area contributed by atoms with Crippen LogP contribution in [0.25, 0.3) is 0 Å². The largest absolute Gasteiger partial charge is 0.486 e. The minimum absolute atomic E-state index is 0.335. The summed E-state index contributed by atoms with van der Waals surface area (Å²) in [6.07, 6.45) is 0.437. The van der Waals surface area contributed by atoms with Gasteiger partial charge in [0.1, 0.15) is 13.2 Å². The van der Waals surface area contributed by atoms with Crippen LogP contribution in [0.2, 0.25) is 0 Å². The van der Waals surface area contributed by atoms with E-state index < -0.39 is 11.5 Å². The van der Waals surface area contributed by atoms with E-state index in [0.29, 0.717) is 41.5 Å². The molecule has 0 saturated carbocycles. The molecule has 2 aromatic carbocycles. The molecule has 26 heavy (non-hydrogen) atoms. The predicted molar refractivity (Wildman–Crippen MR) is 94.7 cm³/mol. The van der Waals surface area contributed by atoms with Gasteiger partial charge in [-0.15, -0.1) is 0 Å². The number of amides is 1. The van der Waals surface area contributed by atoms with Crippen LogP contribution in [0, 0.1) is 0 Å². The molecule has 4 rings (SSSR count). The van der Waals surface area contributed by atoms with Gasteiger partial charge in [0.2, 0.25) is 0 Å². The Hall–Kier alpha value is -2.86. The standard InChI is InChI=1S/C20H19NO5/c1-2-12-3-5-15-14(9-12)20(24,19(23)21-15)11-16(22)13-4-6-17-18(10-13)26-8-7-25-17/h3-6,9-10,24H,2,7-8,11H2,1H3,(H,21,23). The lowest BCUT2D eigenvalue weighted by molar-refractivity contribution is -0.133. The number of anilines is 1. The van der Waals surface area contributed by atoms with Crippen molar-refractivity contribution in [1.29, 1.82) is 0 Å². The Labute approximate surface area is 150 Å². The van der Waals surface area contributed by atoms with Crippen LogP contribution in [0.15, 0.2) is 36.4 Å². The molecule has 0 aliphatic carbocycles. The number of rotatable bonds is 4. The van der Waals surface area contributed by atoms with E-state index in [-0.39, 0.29) is 12.2 Å². The lowest BCUT2D eigenvalue weighted by Gasteiger charge is -2.22. The summed E-state index contributed by atoms with van der Waals surface area (Å²) in [4.78, 5) is 25.2. The summed E-state index contributed by atoms with van der Waals surface area (Å²) < 4.78 is 10.9. The zero-order valence-electron chi connectivity index (χ0n) is 14.4. The molecule has 2 aromatic rings. The first-order chi connectivity index (χ1) is 12.5. The lowest BCUT2D eigenvalue weighted by Crippen LogP contribution is -2.36. The van der Waals surface area contributed by atoms with E-state index in [1.165, 1.54) is 0 Å². The highest BCUT2D eigenvalue weighted by molar-refractivity contribution is 6.09. The number of aliphatic hydroxyl groups is 1. The number of Topliss-reactive ketones (excluding diaryl/α,β-unsaturated/α-hetero) is 1. The first kappa shape index (κ1) is 16.6. The van der Waals surface area contributed by atoms with E-state index in [2.05, 4.69) is 5.32 Å². The van der Waals surface area contributed by atoms with Crippen molar-refractivity contribution in [3.63, 3.8) is 0 Å². The van der Waals surface area contributed by atoms with Crippen molar-refractivity contribution < 1.29 is 24.2 Å². The average Bonchev–Trinajstić information content (AvgIpc) is 2.91. The topological polar surface area (TPSA) is 84.9 Å². The van der Waals surface area contributed by atoms with Gasteiger partial charge in [0, 0.05) is 16.8 Å². The van der Waals surface area contributed by atoms with Crippen molar-refractivity contribution in [2.24, 2.45) is 0 Å². The van der Waals surface area contributed by atoms with E-state index in [9.17, 15) is 14.7 Å². The summed E-state index contributed by atoms with van der Waals surface area (Å²) in [6.45, 7) is 2.88. The third-order valence-electron chi connectivity index (χ3n) is 4.84. The number of ketones is 1. The van der Waals surface area contributed by atoms with Crippen LogP contribution in [-0.4, -0.2) is 30.0 Å². The van der Waals surface area contributed by atoms with Gasteiger partial charge in [-0.3, -0.25) is 9.59 Å². The molecule has 2 aliphatic rings. The van der Waals surface area contributed by atoms with E-state index in [1.807, 2.05) is 13.0 Å². The van der Waals surface area contributed by atoms with Crippen LogP contribution in [0.1, 0.15) is 34.8 Å². The van der Waals surface area contributed by atoms with Crippen LogP contribution in [0.4, 0.5) is 5.69 Å². The second kappa shape index (κ2) is 6.14. The van der Waals surface area contributed by atoms with Crippen LogP contribution in [-0.2, 0) is 16.8 Å². The number of nitrogens with one attached hydrogen (secondary N) is 1. The molecule has 0 aromatic heterocycles. The van der Waals surface area contributed by atoms with Crippen LogP contribution >= 0.6 is 0 Å². The normalized spacial score (nSPS) is 20.5. The van der Waals surface area contributed by atoms with Crippen LogP contribution in [0.5, 0.6) is 11.5 Å². The van der Waals surface area contributed by atoms with Crippen molar-refractivity contribution in [2.75, 3.05) is 18.5 Å². The van der Waals surface area contributed by atoms with Crippen LogP contribution < -0.4 is 14.8 Å². The zero-order chi connectivity index (χ0) is 18.3. The first-order valence-electron chi connectivity index (χ1n) is 8.61. The number of aryl methyl sites for hydroxylation is 1. The first-order valence-corrected chi connectivity index (χ1v) is 8.61. The fourth-order valence-corrected chi connectivity index (χ4v) is 3.34. The number of fused-ring (bicyclic) bond motifs is 2. The molecule has 1 amide bonds. The quantitative estimate of drug-likeness (QED) is 0.825. The Morgan fingerprint density at radius 3 is 2.69 bits per heavy atom. The van der Waals surface area contributed by atoms with E-state index in [0.717, 1.165) is 12.0 Å². The maximum absolute atomic E-state index is 12.8. The molecular weight excluding hydrogens is 334 g/mol. The second-order valence-electron chi connectivity index (χ2n) is 6.51. The molecule has 0 radical (unpaired) electrons. The van der Waals surface area contributed by atoms with Crippen molar-refractivity contribution in [1.82, 2.24) is 0 Å². The van der Waals surface area contributed by atoms with Gasteiger partial charge in [-0.2, -0.15) is 0 Å². The van der Waals surface area contributed by atoms with E-state index in [4.69, 9.17) is 9.47 Å². The van der Waals surface area contributed by atoms with Crippen molar-refractivity contribution in [3.8, 4) is 11.5 Å². The molecule has 1 unspecified atom stereocenters. The second-order valence-corrected chi connectivity index (χ2v) is 6.51. The summed E-state index contributed by atoms with van der Waals surface area (Å²) in [6, 6.07) is 10.3. The molecule has 0 bridgehead atoms. The third kappa shape index (κ3) is 2.63. The molecule has 6 heteroatoms. The summed E-state index contributed by atoms with van der Waals surface area (Å²) in [5.41, 5.74) is 0.489. The average molecular weight is 353 g/mol. The molecular formula is C20H19NO5. The smallest absolute Gasteiger partial charge is 0.261 e. The molecule has 134 valence electrons. The SMILES string of the molecule is CCc1ccc2c(c1)C(O)(CC(=O)c1ccc3c(c1)OCCO3)C(=O)N2. The fourth-order valence-electron chi connectivity index (χ4n) is 3.34. The Balaban J connectivity index is 1.64. The lowest BCUT2D eigenvalue weighted by atomic mass is 9.87. The molecule has 2 N–H and O–H groups in total. The summed E-state index contributed by atoms with van der Waals surface area (Å²) in [5.74, 6) is 0.169. The molecule has 6 nitrogen and oxygen atoms in total. The Bertz CT molecular complexity index is 907. The van der Waals surface area contributed by atoms with Gasteiger partial charge in [0.25, 0.3) is 5.91 Å². The Morgan fingerprint density at radius 2 is 1.92 bits per heavy atom. The number of hydrogen-bond donors (Lipinski definition) is 2. The van der Waals surface area contributed by atoms with Crippen molar-refractivity contribution in [2.45, 2.75) is 25.4 Å². The maximum atomic E-state index is 12.8. The number of benzene rings is 2. The minimum atomic E-state index is -1.87. The monoisotopic (exact) mass is 353 g/mol. The van der Waals surface area contributed by atoms with Gasteiger partial charge in [-0.05, 0) is 36.2 Å². The van der Waals surface area contributed by atoms with Gasteiger partial charge in [-0.25, -0.2) is 0 Å². The predicted octanol–water partition coefficient (Wildman–Crippen LogP) is 2.43. The molecule has 2 aliphatic heterocycles. The highest BCUT2D eigenvalue weighted by atomic mass is 16.6. The number of carbonyl (C=O) groups is 2. The van der Waals surface area contributed by atoms with Gasteiger partial charge in [-0.1, -0.05) is 19.1 Å². The molecule has 0 saturated heterocycles. The van der Waals surface area contributed by atoms with E-state index in [1.54, 1.807) is 30.3 Å². The van der Waals surface area contributed by atoms with E-state index >= 15 is 0 Å². The zero-order valence-corrected chi connectivity index (χ0v) is 14.4. The highest BCUT2D eigenvalue weighted by Gasteiger charge is 2.46. The Kier molecular flexibility index (Phi) is 3.92. The fraction of sp³-hybridized carbons (Fsp3) is 0.300. The summed E-state index contributed by atoms with van der Waals surface area (Å²) in [5, 5.41) is 13.7. The molecule has 2 heterocycles. The van der Waals surface area contributed by atoms with Crippen LogP contribution in [0.3, 0.4) is 0 Å². The number of ether oxygens (including phenoxy) is 2. The van der Waals surface area contributed by atoms with Gasteiger partial charge in [0.05, 0.1) is 6.42 Å². The number of hydrogen-bond acceptors (Lipinski definition) is 5. The van der Waals surface area contributed by atoms with Gasteiger partial charge >= 0.3 is 0 Å². The van der Waals surface area contributed by atoms with Crippen molar-refractivity contribution >= 4 is 17.4 Å². The summed E-state index contributed by atoms with van der Waals surface area (Å²) >= 11 is 0. The van der Waals surface area contributed by atoms with Gasteiger partial charge in [0.15, 0.2) is 22.9 Å². The molecule has 0 spiro atoms. The maximum Gasteiger partial charge on any atom is 0.261 e. The van der Waals surface area contributed by atoms with Gasteiger partial charge < -0.3 is 19.9 Å². The summed E-state index contributed by atoms with van der Waals surface area (Å²) in [7, 11) is 0. The minimum Gasteiger partial charge on any atom is -0.486 e. The molecule has 0 fully saturated rings. The number of carbonyl (C=O) groups excluding carboxylic acids is 2. The Morgan fingerprint density at radius 1 is 1.15 bits per heavy atom. The van der Waals surface area contributed by atoms with Crippen molar-refractivity contribution in [3.05, 3.63) is 53.1 Å². The third-order valence-corrected chi connectivity index (χ3v) is 4.84. The highest BCUT2D eigenvalue weighted by Crippen LogP contribution is 2.40.